The van der Waals surface area contributed by atoms with E-state index < -0.39 is 18.5 Å². The van der Waals surface area contributed by atoms with Gasteiger partial charge in [0.15, 0.2) is 18.2 Å². The summed E-state index contributed by atoms with van der Waals surface area (Å²) in [6.07, 6.45) is 3.09. The van der Waals surface area contributed by atoms with Crippen molar-refractivity contribution in [2.45, 2.75) is 19.8 Å². The predicted octanol–water partition coefficient (Wildman–Crippen LogP) is 4.98. The molecule has 1 amide bonds. The van der Waals surface area contributed by atoms with Crippen molar-refractivity contribution in [2.75, 3.05) is 11.9 Å². The molecule has 0 spiro atoms. The SMILES string of the molecule is CC(C)c1c(C(=O)OCC(=O)Nc2ccccc2Oc2ccccc2)cnn1-c1ccccn1. The van der Waals surface area contributed by atoms with Gasteiger partial charge in [-0.1, -0.05) is 50.2 Å². The van der Waals surface area contributed by atoms with E-state index in [9.17, 15) is 9.59 Å². The van der Waals surface area contributed by atoms with E-state index in [4.69, 9.17) is 9.47 Å². The zero-order chi connectivity index (χ0) is 23.9. The molecule has 0 aliphatic rings. The highest BCUT2D eigenvalue weighted by atomic mass is 16.5. The summed E-state index contributed by atoms with van der Waals surface area (Å²) in [6.45, 7) is 3.44. The molecule has 2 heterocycles. The summed E-state index contributed by atoms with van der Waals surface area (Å²) in [5.41, 5.74) is 1.42. The number of ether oxygens (including phenoxy) is 2. The van der Waals surface area contributed by atoms with Gasteiger partial charge in [-0.2, -0.15) is 5.10 Å². The summed E-state index contributed by atoms with van der Waals surface area (Å²) < 4.78 is 12.8. The molecule has 4 aromatic rings. The molecule has 2 aromatic heterocycles. The third-order valence-electron chi connectivity index (χ3n) is 4.91. The highest BCUT2D eigenvalue weighted by Gasteiger charge is 2.23. The van der Waals surface area contributed by atoms with E-state index in [2.05, 4.69) is 15.4 Å². The van der Waals surface area contributed by atoms with Crippen LogP contribution in [0, 0.1) is 0 Å². The van der Waals surface area contributed by atoms with E-state index in [0.717, 1.165) is 0 Å². The van der Waals surface area contributed by atoms with E-state index in [0.29, 0.717) is 34.3 Å². The number of pyridine rings is 1. The molecule has 0 atom stereocenters. The Bertz CT molecular complexity index is 1270. The van der Waals surface area contributed by atoms with E-state index in [-0.39, 0.29) is 5.92 Å². The normalized spacial score (nSPS) is 10.7. The number of benzene rings is 2. The quantitative estimate of drug-likeness (QED) is 0.376. The monoisotopic (exact) mass is 456 g/mol. The molecule has 0 radical (unpaired) electrons. The van der Waals surface area contributed by atoms with Crippen molar-refractivity contribution in [1.29, 1.82) is 0 Å². The lowest BCUT2D eigenvalue weighted by atomic mass is 10.1. The smallest absolute Gasteiger partial charge is 0.342 e. The Hall–Kier alpha value is -4.46. The minimum atomic E-state index is -0.630. The second kappa shape index (κ2) is 10.4. The third kappa shape index (κ3) is 5.29. The number of aromatic nitrogens is 3. The highest BCUT2D eigenvalue weighted by molar-refractivity contribution is 5.96. The van der Waals surface area contributed by atoms with E-state index >= 15 is 0 Å². The maximum Gasteiger partial charge on any atom is 0.342 e. The van der Waals surface area contributed by atoms with Crippen LogP contribution < -0.4 is 10.1 Å². The molecule has 8 heteroatoms. The molecule has 34 heavy (non-hydrogen) atoms. The number of para-hydroxylation sites is 3. The number of carbonyl (C=O) groups excluding carboxylic acids is 2. The number of nitrogens with one attached hydrogen (secondary N) is 1. The van der Waals surface area contributed by atoms with Crippen LogP contribution in [0.25, 0.3) is 5.82 Å². The van der Waals surface area contributed by atoms with Gasteiger partial charge in [0.25, 0.3) is 5.91 Å². The molecule has 2 aromatic carbocycles. The standard InChI is InChI=1S/C26H24N4O4/c1-18(2)25-20(16-28-30(25)23-14-8-9-15-27-23)26(32)33-17-24(31)29-21-12-6-7-13-22(21)34-19-10-4-3-5-11-19/h3-16,18H,17H2,1-2H3,(H,29,31). The van der Waals surface area contributed by atoms with Crippen LogP contribution in [0.3, 0.4) is 0 Å². The zero-order valence-corrected chi connectivity index (χ0v) is 18.8. The summed E-state index contributed by atoms with van der Waals surface area (Å²) in [5.74, 6) is 0.574. The van der Waals surface area contributed by atoms with Crippen molar-refractivity contribution in [1.82, 2.24) is 14.8 Å². The average molecular weight is 457 g/mol. The molecule has 0 fully saturated rings. The van der Waals surface area contributed by atoms with Crippen LogP contribution in [-0.2, 0) is 9.53 Å². The molecule has 172 valence electrons. The van der Waals surface area contributed by atoms with Crippen LogP contribution in [0.2, 0.25) is 0 Å². The fraction of sp³-hybridized carbons (Fsp3) is 0.154. The van der Waals surface area contributed by atoms with E-state index in [1.165, 1.54) is 6.20 Å². The molecule has 0 unspecified atom stereocenters. The van der Waals surface area contributed by atoms with Crippen LogP contribution in [0.15, 0.2) is 85.2 Å². The Morgan fingerprint density at radius 2 is 1.71 bits per heavy atom. The van der Waals surface area contributed by atoms with Crippen molar-refractivity contribution >= 4 is 17.6 Å². The summed E-state index contributed by atoms with van der Waals surface area (Å²) in [5, 5.41) is 7.05. The largest absolute Gasteiger partial charge is 0.455 e. The lowest BCUT2D eigenvalue weighted by Gasteiger charge is -2.13. The molecule has 1 N–H and O–H groups in total. The van der Waals surface area contributed by atoms with Crippen LogP contribution in [0.4, 0.5) is 5.69 Å². The van der Waals surface area contributed by atoms with Crippen LogP contribution in [-0.4, -0.2) is 33.2 Å². The molecular weight excluding hydrogens is 432 g/mol. The van der Waals surface area contributed by atoms with Gasteiger partial charge in [0.2, 0.25) is 0 Å². The number of anilines is 1. The van der Waals surface area contributed by atoms with Crippen LogP contribution >= 0.6 is 0 Å². The van der Waals surface area contributed by atoms with Crippen molar-refractivity contribution < 1.29 is 19.1 Å². The molecule has 4 rings (SSSR count). The Kier molecular flexibility index (Phi) is 6.98. The number of esters is 1. The number of rotatable bonds is 8. The summed E-state index contributed by atoms with van der Waals surface area (Å²) >= 11 is 0. The summed E-state index contributed by atoms with van der Waals surface area (Å²) in [6, 6.07) is 21.7. The minimum absolute atomic E-state index is 0.0251. The first-order chi connectivity index (χ1) is 16.5. The van der Waals surface area contributed by atoms with Gasteiger partial charge in [-0.05, 0) is 42.3 Å². The molecule has 8 nitrogen and oxygen atoms in total. The molecule has 0 saturated heterocycles. The van der Waals surface area contributed by atoms with Gasteiger partial charge in [0.05, 0.1) is 17.6 Å². The second-order valence-electron chi connectivity index (χ2n) is 7.73. The summed E-state index contributed by atoms with van der Waals surface area (Å²) in [7, 11) is 0. The molecular formula is C26H24N4O4. The van der Waals surface area contributed by atoms with E-state index in [1.54, 1.807) is 47.3 Å². The second-order valence-corrected chi connectivity index (χ2v) is 7.73. The average Bonchev–Trinajstić information content (AvgIpc) is 3.31. The number of amides is 1. The first kappa shape index (κ1) is 22.7. The van der Waals surface area contributed by atoms with Crippen LogP contribution in [0.5, 0.6) is 11.5 Å². The van der Waals surface area contributed by atoms with Crippen molar-refractivity contribution in [3.8, 4) is 17.3 Å². The Morgan fingerprint density at radius 1 is 0.971 bits per heavy atom. The Balaban J connectivity index is 1.43. The van der Waals surface area contributed by atoms with Gasteiger partial charge in [-0.15, -0.1) is 0 Å². The van der Waals surface area contributed by atoms with Crippen molar-refractivity contribution in [3.05, 3.63) is 96.4 Å². The Morgan fingerprint density at radius 3 is 2.44 bits per heavy atom. The fourth-order valence-electron chi connectivity index (χ4n) is 3.40. The molecule has 0 saturated carbocycles. The third-order valence-corrected chi connectivity index (χ3v) is 4.91. The first-order valence-corrected chi connectivity index (χ1v) is 10.8. The highest BCUT2D eigenvalue weighted by Crippen LogP contribution is 2.29. The van der Waals surface area contributed by atoms with Gasteiger partial charge < -0.3 is 14.8 Å². The number of nitrogens with zero attached hydrogens (tertiary/aromatic N) is 3. The van der Waals surface area contributed by atoms with Gasteiger partial charge in [0, 0.05) is 6.20 Å². The van der Waals surface area contributed by atoms with Gasteiger partial charge >= 0.3 is 5.97 Å². The number of carbonyl (C=O) groups is 2. The number of hydrogen-bond donors (Lipinski definition) is 1. The minimum Gasteiger partial charge on any atom is -0.455 e. The fourth-order valence-corrected chi connectivity index (χ4v) is 3.40. The van der Waals surface area contributed by atoms with Crippen molar-refractivity contribution in [3.63, 3.8) is 0 Å². The lowest BCUT2D eigenvalue weighted by molar-refractivity contribution is -0.119. The Labute approximate surface area is 197 Å². The molecule has 0 aliphatic heterocycles. The van der Waals surface area contributed by atoms with E-state index in [1.807, 2.05) is 50.2 Å². The molecule has 0 bridgehead atoms. The van der Waals surface area contributed by atoms with Crippen LogP contribution in [0.1, 0.15) is 35.8 Å². The lowest BCUT2D eigenvalue weighted by Crippen LogP contribution is -2.21. The van der Waals surface area contributed by atoms with Gasteiger partial charge in [0.1, 0.15) is 11.3 Å². The van der Waals surface area contributed by atoms with Gasteiger partial charge in [-0.3, -0.25) is 4.79 Å². The maximum absolute atomic E-state index is 12.8. The maximum atomic E-state index is 12.8. The van der Waals surface area contributed by atoms with Crippen molar-refractivity contribution in [2.24, 2.45) is 0 Å². The molecule has 0 aliphatic carbocycles. The topological polar surface area (TPSA) is 95.3 Å². The predicted molar refractivity (Wildman–Crippen MR) is 127 cm³/mol. The number of hydrogen-bond acceptors (Lipinski definition) is 6. The zero-order valence-electron chi connectivity index (χ0n) is 18.8. The van der Waals surface area contributed by atoms with Gasteiger partial charge in [-0.25, -0.2) is 14.5 Å². The summed E-state index contributed by atoms with van der Waals surface area (Å²) in [4.78, 5) is 29.6. The first-order valence-electron chi connectivity index (χ1n) is 10.8.